The van der Waals surface area contributed by atoms with Gasteiger partial charge in [0.1, 0.15) is 5.75 Å². The molecule has 5 nitrogen and oxygen atoms in total. The lowest BCUT2D eigenvalue weighted by atomic mass is 9.84. The summed E-state index contributed by atoms with van der Waals surface area (Å²) < 4.78 is 33.2. The summed E-state index contributed by atoms with van der Waals surface area (Å²) in [6, 6.07) is 12.7. The first kappa shape index (κ1) is 18.5. The Balaban J connectivity index is 1.86. The monoisotopic (exact) mass is 372 g/mol. The lowest BCUT2D eigenvalue weighted by molar-refractivity contribution is 0.415. The van der Waals surface area contributed by atoms with Crippen LogP contribution in [0.15, 0.2) is 53.6 Å². The van der Waals surface area contributed by atoms with Crippen LogP contribution in [0.25, 0.3) is 10.9 Å². The Morgan fingerprint density at radius 2 is 1.81 bits per heavy atom. The summed E-state index contributed by atoms with van der Waals surface area (Å²) in [4.78, 5) is 3.53. The fraction of sp³-hybridized carbons (Fsp3) is 0.300. The van der Waals surface area contributed by atoms with Crippen molar-refractivity contribution in [2.75, 3.05) is 13.7 Å². The van der Waals surface area contributed by atoms with Gasteiger partial charge in [0.2, 0.25) is 10.0 Å². The minimum atomic E-state index is -3.55. The number of aromatic amines is 1. The zero-order valence-electron chi connectivity index (χ0n) is 15.5. The minimum absolute atomic E-state index is 0.277. The van der Waals surface area contributed by atoms with Gasteiger partial charge in [0.25, 0.3) is 0 Å². The van der Waals surface area contributed by atoms with Crippen LogP contribution in [-0.2, 0) is 15.4 Å². The van der Waals surface area contributed by atoms with E-state index in [-0.39, 0.29) is 11.4 Å². The molecule has 0 aliphatic carbocycles. The molecule has 0 fully saturated rings. The molecule has 0 unspecified atom stereocenters. The Kier molecular flexibility index (Phi) is 4.82. The van der Waals surface area contributed by atoms with Crippen molar-refractivity contribution >= 4 is 20.9 Å². The molecule has 2 aromatic carbocycles. The van der Waals surface area contributed by atoms with Gasteiger partial charge in [-0.05, 0) is 42.8 Å². The van der Waals surface area contributed by atoms with Crippen LogP contribution in [0.1, 0.15) is 25.0 Å². The number of hydrogen-bond donors (Lipinski definition) is 2. The van der Waals surface area contributed by atoms with E-state index in [1.807, 2.05) is 45.2 Å². The van der Waals surface area contributed by atoms with E-state index < -0.39 is 15.4 Å². The fourth-order valence-electron chi connectivity index (χ4n) is 2.96. The molecule has 0 amide bonds. The van der Waals surface area contributed by atoms with Crippen molar-refractivity contribution < 1.29 is 13.2 Å². The molecule has 2 N–H and O–H groups in total. The number of aryl methyl sites for hydroxylation is 1. The summed E-state index contributed by atoms with van der Waals surface area (Å²) in [6.45, 7) is 6.26. The van der Waals surface area contributed by atoms with Crippen molar-refractivity contribution in [3.63, 3.8) is 0 Å². The van der Waals surface area contributed by atoms with Gasteiger partial charge in [-0.15, -0.1) is 0 Å². The lowest BCUT2D eigenvalue weighted by Crippen LogP contribution is -2.36. The van der Waals surface area contributed by atoms with Gasteiger partial charge in [-0.25, -0.2) is 13.1 Å². The third kappa shape index (κ3) is 3.61. The first-order chi connectivity index (χ1) is 12.2. The average Bonchev–Trinajstić information content (AvgIpc) is 3.04. The number of sulfonamides is 1. The fourth-order valence-corrected chi connectivity index (χ4v) is 4.17. The molecule has 0 radical (unpaired) electrons. The van der Waals surface area contributed by atoms with Gasteiger partial charge in [0.15, 0.2) is 0 Å². The Labute approximate surface area is 154 Å². The van der Waals surface area contributed by atoms with Gasteiger partial charge < -0.3 is 9.72 Å². The zero-order chi connectivity index (χ0) is 18.9. The van der Waals surface area contributed by atoms with Crippen LogP contribution in [0.3, 0.4) is 0 Å². The van der Waals surface area contributed by atoms with Crippen molar-refractivity contribution in [1.82, 2.24) is 9.71 Å². The number of nitrogens with one attached hydrogen (secondary N) is 2. The number of aromatic nitrogens is 1. The third-order valence-electron chi connectivity index (χ3n) is 4.65. The highest BCUT2D eigenvalue weighted by Crippen LogP contribution is 2.32. The van der Waals surface area contributed by atoms with Gasteiger partial charge in [-0.3, -0.25) is 0 Å². The summed E-state index contributed by atoms with van der Waals surface area (Å²) in [5.41, 5.74) is 2.66. The second kappa shape index (κ2) is 6.78. The van der Waals surface area contributed by atoms with E-state index in [2.05, 4.69) is 9.71 Å². The second-order valence-electron chi connectivity index (χ2n) is 7.14. The van der Waals surface area contributed by atoms with Crippen LogP contribution in [0.2, 0.25) is 0 Å². The summed E-state index contributed by atoms with van der Waals surface area (Å²) in [5, 5.41) is 1.03. The van der Waals surface area contributed by atoms with E-state index in [0.29, 0.717) is 0 Å². The standard InChI is InChI=1S/C20H24N2O3S/c1-14-5-8-16(9-6-14)26(23,24)22-13-20(2,3)18-12-21-19-10-7-15(25-4)11-17(18)19/h5-12,21-22H,13H2,1-4H3. The molecule has 0 atom stereocenters. The number of fused-ring (bicyclic) bond motifs is 1. The number of methoxy groups -OCH3 is 1. The van der Waals surface area contributed by atoms with Crippen LogP contribution in [0.5, 0.6) is 5.75 Å². The smallest absolute Gasteiger partial charge is 0.240 e. The SMILES string of the molecule is COc1ccc2[nH]cc(C(C)(C)CNS(=O)(=O)c3ccc(C)cc3)c2c1. The topological polar surface area (TPSA) is 71.2 Å². The van der Waals surface area contributed by atoms with Crippen molar-refractivity contribution in [2.24, 2.45) is 0 Å². The molecule has 138 valence electrons. The van der Waals surface area contributed by atoms with Crippen molar-refractivity contribution in [3.05, 3.63) is 59.8 Å². The summed E-state index contributed by atoms with van der Waals surface area (Å²) in [5.74, 6) is 0.773. The van der Waals surface area contributed by atoms with E-state index in [1.165, 1.54) is 0 Å². The number of hydrogen-bond acceptors (Lipinski definition) is 3. The number of benzene rings is 2. The second-order valence-corrected chi connectivity index (χ2v) is 8.90. The first-order valence-electron chi connectivity index (χ1n) is 8.45. The van der Waals surface area contributed by atoms with Crippen LogP contribution < -0.4 is 9.46 Å². The maximum absolute atomic E-state index is 12.6. The normalized spacial score (nSPS) is 12.5. The molecule has 0 aliphatic rings. The van der Waals surface area contributed by atoms with Crippen molar-refractivity contribution in [3.8, 4) is 5.75 Å². The predicted octanol–water partition coefficient (Wildman–Crippen LogP) is 3.74. The Morgan fingerprint density at radius 3 is 2.46 bits per heavy atom. The molecule has 1 heterocycles. The summed E-state index contributed by atoms with van der Waals surface area (Å²) in [7, 11) is -1.92. The molecular formula is C20H24N2O3S. The molecule has 0 saturated carbocycles. The largest absolute Gasteiger partial charge is 0.497 e. The minimum Gasteiger partial charge on any atom is -0.497 e. The van der Waals surface area contributed by atoms with Gasteiger partial charge in [-0.1, -0.05) is 31.5 Å². The highest BCUT2D eigenvalue weighted by Gasteiger charge is 2.27. The molecule has 0 aliphatic heterocycles. The van der Waals surface area contributed by atoms with Crippen molar-refractivity contribution in [2.45, 2.75) is 31.1 Å². The van der Waals surface area contributed by atoms with E-state index in [9.17, 15) is 8.42 Å². The molecular weight excluding hydrogens is 348 g/mol. The first-order valence-corrected chi connectivity index (χ1v) is 9.93. The number of rotatable bonds is 6. The third-order valence-corrected chi connectivity index (χ3v) is 6.07. The Hall–Kier alpha value is -2.31. The quantitative estimate of drug-likeness (QED) is 0.692. The molecule has 3 rings (SSSR count). The maximum Gasteiger partial charge on any atom is 0.240 e. The summed E-state index contributed by atoms with van der Waals surface area (Å²) in [6.07, 6.45) is 1.93. The highest BCUT2D eigenvalue weighted by atomic mass is 32.2. The highest BCUT2D eigenvalue weighted by molar-refractivity contribution is 7.89. The Bertz CT molecular complexity index is 1020. The van der Waals surface area contributed by atoms with Crippen molar-refractivity contribution in [1.29, 1.82) is 0 Å². The molecule has 0 saturated heterocycles. The van der Waals surface area contributed by atoms with E-state index >= 15 is 0 Å². The molecule has 3 aromatic rings. The van der Waals surface area contributed by atoms with E-state index in [0.717, 1.165) is 27.8 Å². The van der Waals surface area contributed by atoms with Gasteiger partial charge in [0, 0.05) is 29.1 Å². The average molecular weight is 372 g/mol. The van der Waals surface area contributed by atoms with Crippen LogP contribution in [0, 0.1) is 6.92 Å². The van der Waals surface area contributed by atoms with Gasteiger partial charge >= 0.3 is 0 Å². The molecule has 6 heteroatoms. The lowest BCUT2D eigenvalue weighted by Gasteiger charge is -2.25. The summed E-state index contributed by atoms with van der Waals surface area (Å²) >= 11 is 0. The Morgan fingerprint density at radius 1 is 1.12 bits per heavy atom. The van der Waals surface area contributed by atoms with Crippen LogP contribution >= 0.6 is 0 Å². The van der Waals surface area contributed by atoms with Gasteiger partial charge in [0.05, 0.1) is 12.0 Å². The predicted molar refractivity (Wildman–Crippen MR) is 104 cm³/mol. The van der Waals surface area contributed by atoms with Crippen LogP contribution in [-0.4, -0.2) is 27.1 Å². The molecule has 26 heavy (non-hydrogen) atoms. The zero-order valence-corrected chi connectivity index (χ0v) is 16.3. The van der Waals surface area contributed by atoms with Crippen LogP contribution in [0.4, 0.5) is 0 Å². The number of ether oxygens (including phenoxy) is 1. The van der Waals surface area contributed by atoms with E-state index in [1.54, 1.807) is 31.4 Å². The van der Waals surface area contributed by atoms with Gasteiger partial charge in [-0.2, -0.15) is 0 Å². The maximum atomic E-state index is 12.6. The molecule has 0 spiro atoms. The molecule has 0 bridgehead atoms. The van der Waals surface area contributed by atoms with E-state index in [4.69, 9.17) is 4.74 Å². The number of H-pyrrole nitrogens is 1. The molecule has 1 aromatic heterocycles.